The molecule has 1 fully saturated rings. The van der Waals surface area contributed by atoms with Crippen LogP contribution >= 0.6 is 0 Å². The molecule has 0 spiro atoms. The summed E-state index contributed by atoms with van der Waals surface area (Å²) in [6.45, 7) is 4.56. The van der Waals surface area contributed by atoms with Crippen LogP contribution in [0.25, 0.3) is 0 Å². The van der Waals surface area contributed by atoms with Crippen molar-refractivity contribution >= 4 is 5.91 Å². The third kappa shape index (κ3) is 6.63. The number of amides is 1. The summed E-state index contributed by atoms with van der Waals surface area (Å²) in [4.78, 5) is 11.5. The lowest BCUT2D eigenvalue weighted by molar-refractivity contribution is -0.121. The van der Waals surface area contributed by atoms with E-state index < -0.39 is 0 Å². The predicted octanol–water partition coefficient (Wildman–Crippen LogP) is 2.62. The van der Waals surface area contributed by atoms with Gasteiger partial charge in [-0.3, -0.25) is 4.79 Å². The summed E-state index contributed by atoms with van der Waals surface area (Å²) in [5.41, 5.74) is 1.24. The fourth-order valence-electron chi connectivity index (χ4n) is 2.06. The third-order valence-corrected chi connectivity index (χ3v) is 3.43. The standard InChI is InChI=1S/C17H26N2O2/c1-2-12-21-16-9-5-14(6-10-16)13-18-11-3-4-17(20)19-15-7-8-15/h5-6,9-10,15,18H,2-4,7-8,11-13H2,1H3,(H,19,20). The van der Waals surface area contributed by atoms with Crippen molar-refractivity contribution in [3.63, 3.8) is 0 Å². The molecule has 0 atom stereocenters. The molecule has 1 saturated carbocycles. The van der Waals surface area contributed by atoms with Gasteiger partial charge in [-0.25, -0.2) is 0 Å². The second-order valence-electron chi connectivity index (χ2n) is 5.61. The monoisotopic (exact) mass is 290 g/mol. The summed E-state index contributed by atoms with van der Waals surface area (Å²) >= 11 is 0. The zero-order valence-corrected chi connectivity index (χ0v) is 12.9. The number of carbonyl (C=O) groups excluding carboxylic acids is 1. The number of hydrogen-bond donors (Lipinski definition) is 2. The van der Waals surface area contributed by atoms with E-state index in [1.54, 1.807) is 0 Å². The maximum absolute atomic E-state index is 11.5. The first kappa shape index (κ1) is 15.8. The fraction of sp³-hybridized carbons (Fsp3) is 0.588. The fourth-order valence-corrected chi connectivity index (χ4v) is 2.06. The first-order chi connectivity index (χ1) is 10.3. The van der Waals surface area contributed by atoms with Crippen LogP contribution in [0.3, 0.4) is 0 Å². The number of nitrogens with one attached hydrogen (secondary N) is 2. The van der Waals surface area contributed by atoms with Crippen LogP contribution in [0.1, 0.15) is 44.6 Å². The molecule has 1 aliphatic rings. The molecule has 0 aliphatic heterocycles. The van der Waals surface area contributed by atoms with E-state index in [-0.39, 0.29) is 5.91 Å². The number of carbonyl (C=O) groups is 1. The molecule has 1 aromatic rings. The molecule has 1 aromatic carbocycles. The minimum absolute atomic E-state index is 0.191. The summed E-state index contributed by atoms with van der Waals surface area (Å²) in [5.74, 6) is 1.12. The van der Waals surface area contributed by atoms with Gasteiger partial charge >= 0.3 is 0 Å². The van der Waals surface area contributed by atoms with Crippen LogP contribution in [-0.2, 0) is 11.3 Å². The largest absolute Gasteiger partial charge is 0.494 e. The van der Waals surface area contributed by atoms with Gasteiger partial charge in [0.25, 0.3) is 0 Å². The molecule has 1 amide bonds. The van der Waals surface area contributed by atoms with Gasteiger partial charge in [-0.15, -0.1) is 0 Å². The molecule has 0 saturated heterocycles. The van der Waals surface area contributed by atoms with E-state index in [9.17, 15) is 4.79 Å². The maximum atomic E-state index is 11.5. The molecule has 0 bridgehead atoms. The zero-order chi connectivity index (χ0) is 14.9. The first-order valence-electron chi connectivity index (χ1n) is 7.99. The molecule has 2 N–H and O–H groups in total. The van der Waals surface area contributed by atoms with E-state index in [0.717, 1.165) is 51.1 Å². The Hall–Kier alpha value is -1.55. The normalized spacial score (nSPS) is 14.0. The smallest absolute Gasteiger partial charge is 0.220 e. The zero-order valence-electron chi connectivity index (χ0n) is 12.9. The van der Waals surface area contributed by atoms with E-state index >= 15 is 0 Å². The van der Waals surface area contributed by atoms with Crippen molar-refractivity contribution in [2.45, 2.75) is 51.6 Å². The molecular formula is C17H26N2O2. The van der Waals surface area contributed by atoms with Gasteiger partial charge in [0, 0.05) is 19.0 Å². The number of ether oxygens (including phenoxy) is 1. The van der Waals surface area contributed by atoms with Crippen LogP contribution < -0.4 is 15.4 Å². The van der Waals surface area contributed by atoms with E-state index in [0.29, 0.717) is 12.5 Å². The first-order valence-corrected chi connectivity index (χ1v) is 7.99. The number of hydrogen-bond acceptors (Lipinski definition) is 3. The molecule has 1 aliphatic carbocycles. The van der Waals surface area contributed by atoms with Crippen molar-refractivity contribution < 1.29 is 9.53 Å². The van der Waals surface area contributed by atoms with Crippen LogP contribution in [0.5, 0.6) is 5.75 Å². The Morgan fingerprint density at radius 2 is 2.05 bits per heavy atom. The topological polar surface area (TPSA) is 50.4 Å². The lowest BCUT2D eigenvalue weighted by Crippen LogP contribution is -2.26. The summed E-state index contributed by atoms with van der Waals surface area (Å²) in [7, 11) is 0. The quantitative estimate of drug-likeness (QED) is 0.651. The Bertz CT molecular complexity index is 427. The van der Waals surface area contributed by atoms with Gasteiger partial charge in [-0.2, -0.15) is 0 Å². The Labute approximate surface area is 127 Å². The predicted molar refractivity (Wildman–Crippen MR) is 84.3 cm³/mol. The molecule has 0 radical (unpaired) electrons. The molecule has 2 rings (SSSR count). The van der Waals surface area contributed by atoms with Crippen LogP contribution in [-0.4, -0.2) is 25.1 Å². The summed E-state index contributed by atoms with van der Waals surface area (Å²) in [5, 5.41) is 6.37. The number of benzene rings is 1. The van der Waals surface area contributed by atoms with Crippen molar-refractivity contribution in [1.29, 1.82) is 0 Å². The van der Waals surface area contributed by atoms with Crippen LogP contribution in [0.4, 0.5) is 0 Å². The van der Waals surface area contributed by atoms with E-state index in [2.05, 4.69) is 29.7 Å². The molecule has 116 valence electrons. The molecule has 4 nitrogen and oxygen atoms in total. The van der Waals surface area contributed by atoms with Gasteiger partial charge in [0.2, 0.25) is 5.91 Å². The second-order valence-corrected chi connectivity index (χ2v) is 5.61. The third-order valence-electron chi connectivity index (χ3n) is 3.43. The number of rotatable bonds is 10. The van der Waals surface area contributed by atoms with Crippen molar-refractivity contribution in [2.24, 2.45) is 0 Å². The Morgan fingerprint density at radius 1 is 1.29 bits per heavy atom. The van der Waals surface area contributed by atoms with Crippen molar-refractivity contribution in [1.82, 2.24) is 10.6 Å². The van der Waals surface area contributed by atoms with Crippen LogP contribution in [0, 0.1) is 0 Å². The Kier molecular flexibility index (Phi) is 6.54. The summed E-state index contributed by atoms with van der Waals surface area (Å²) in [6.07, 6.45) is 4.84. The van der Waals surface area contributed by atoms with Gasteiger partial charge in [0.05, 0.1) is 6.61 Å². The average molecular weight is 290 g/mol. The maximum Gasteiger partial charge on any atom is 0.220 e. The highest BCUT2D eigenvalue weighted by molar-refractivity contribution is 5.76. The second kappa shape index (κ2) is 8.67. The minimum atomic E-state index is 0.191. The molecule has 0 aromatic heterocycles. The Morgan fingerprint density at radius 3 is 2.71 bits per heavy atom. The minimum Gasteiger partial charge on any atom is -0.494 e. The van der Waals surface area contributed by atoms with Crippen molar-refractivity contribution in [3.05, 3.63) is 29.8 Å². The van der Waals surface area contributed by atoms with E-state index in [1.807, 2.05) is 12.1 Å². The van der Waals surface area contributed by atoms with Crippen molar-refractivity contribution in [2.75, 3.05) is 13.2 Å². The highest BCUT2D eigenvalue weighted by Gasteiger charge is 2.22. The molecule has 4 heteroatoms. The molecule has 0 heterocycles. The van der Waals surface area contributed by atoms with Crippen molar-refractivity contribution in [3.8, 4) is 5.75 Å². The van der Waals surface area contributed by atoms with E-state index in [4.69, 9.17) is 4.74 Å². The van der Waals surface area contributed by atoms with E-state index in [1.165, 1.54) is 5.56 Å². The highest BCUT2D eigenvalue weighted by atomic mass is 16.5. The van der Waals surface area contributed by atoms with Gasteiger partial charge in [-0.05, 0) is 49.9 Å². The molecule has 21 heavy (non-hydrogen) atoms. The SMILES string of the molecule is CCCOc1ccc(CNCCCC(=O)NC2CC2)cc1. The van der Waals surface area contributed by atoms with Crippen LogP contribution in [0.2, 0.25) is 0 Å². The summed E-state index contributed by atoms with van der Waals surface area (Å²) in [6, 6.07) is 8.65. The van der Waals surface area contributed by atoms with Crippen LogP contribution in [0.15, 0.2) is 24.3 Å². The lowest BCUT2D eigenvalue weighted by Gasteiger charge is -2.07. The molecular weight excluding hydrogens is 264 g/mol. The van der Waals surface area contributed by atoms with Gasteiger partial charge in [0.1, 0.15) is 5.75 Å². The van der Waals surface area contributed by atoms with Gasteiger partial charge in [-0.1, -0.05) is 19.1 Å². The van der Waals surface area contributed by atoms with Gasteiger partial charge in [0.15, 0.2) is 0 Å². The lowest BCUT2D eigenvalue weighted by atomic mass is 10.2. The average Bonchev–Trinajstić information content (AvgIpc) is 3.30. The molecule has 0 unspecified atom stereocenters. The summed E-state index contributed by atoms with van der Waals surface area (Å²) < 4.78 is 5.55. The Balaban J connectivity index is 1.54. The van der Waals surface area contributed by atoms with Gasteiger partial charge < -0.3 is 15.4 Å². The highest BCUT2D eigenvalue weighted by Crippen LogP contribution is 2.18.